The SMILES string of the molecule is Cc1ccccc1C(=O)N(C=O)CCNC(=O)c1ccc2c(c1)C=CC(C)(C)O2. The highest BCUT2D eigenvalue weighted by Crippen LogP contribution is 2.31. The van der Waals surface area contributed by atoms with Crippen LogP contribution in [0.25, 0.3) is 6.08 Å². The van der Waals surface area contributed by atoms with Gasteiger partial charge in [-0.05, 0) is 56.7 Å². The van der Waals surface area contributed by atoms with E-state index in [-0.39, 0.29) is 30.5 Å². The first kappa shape index (κ1) is 20.3. The van der Waals surface area contributed by atoms with Crippen LogP contribution in [0.4, 0.5) is 0 Å². The number of carbonyl (C=O) groups is 3. The normalized spacial score (nSPS) is 13.8. The molecule has 0 bridgehead atoms. The second-order valence-corrected chi connectivity index (χ2v) is 7.47. The highest BCUT2D eigenvalue weighted by atomic mass is 16.5. The fourth-order valence-corrected chi connectivity index (χ4v) is 3.08. The first-order valence-corrected chi connectivity index (χ1v) is 9.43. The molecule has 6 heteroatoms. The number of hydrogen-bond donors (Lipinski definition) is 1. The monoisotopic (exact) mass is 392 g/mol. The molecule has 6 nitrogen and oxygen atoms in total. The molecule has 0 saturated heterocycles. The van der Waals surface area contributed by atoms with Gasteiger partial charge >= 0.3 is 0 Å². The maximum Gasteiger partial charge on any atom is 0.260 e. The van der Waals surface area contributed by atoms with Crippen LogP contribution in [-0.2, 0) is 4.79 Å². The van der Waals surface area contributed by atoms with Crippen molar-refractivity contribution >= 4 is 24.3 Å². The van der Waals surface area contributed by atoms with Crippen molar-refractivity contribution in [2.45, 2.75) is 26.4 Å². The van der Waals surface area contributed by atoms with Crippen molar-refractivity contribution in [1.29, 1.82) is 0 Å². The van der Waals surface area contributed by atoms with Gasteiger partial charge in [0.15, 0.2) is 0 Å². The van der Waals surface area contributed by atoms with Gasteiger partial charge in [0.1, 0.15) is 11.4 Å². The maximum atomic E-state index is 12.5. The van der Waals surface area contributed by atoms with Gasteiger partial charge in [-0.2, -0.15) is 0 Å². The molecule has 0 aromatic heterocycles. The highest BCUT2D eigenvalue weighted by molar-refractivity contribution is 6.01. The van der Waals surface area contributed by atoms with Gasteiger partial charge in [-0.1, -0.05) is 24.3 Å². The largest absolute Gasteiger partial charge is 0.483 e. The van der Waals surface area contributed by atoms with Crippen LogP contribution < -0.4 is 10.1 Å². The molecule has 0 saturated carbocycles. The van der Waals surface area contributed by atoms with E-state index in [1.54, 1.807) is 30.3 Å². The lowest BCUT2D eigenvalue weighted by Gasteiger charge is -2.27. The van der Waals surface area contributed by atoms with Crippen molar-refractivity contribution in [3.63, 3.8) is 0 Å². The standard InChI is InChI=1S/C23H24N2O4/c1-16-6-4-5-7-19(16)22(28)25(15-26)13-12-24-21(27)18-8-9-20-17(14-18)10-11-23(2,3)29-20/h4-11,14-15H,12-13H2,1-3H3,(H,24,27). The van der Waals surface area contributed by atoms with Gasteiger partial charge in [0, 0.05) is 29.8 Å². The molecule has 2 aromatic carbocycles. The summed E-state index contributed by atoms with van der Waals surface area (Å²) in [5.74, 6) is 0.0660. The van der Waals surface area contributed by atoms with Crippen molar-refractivity contribution < 1.29 is 19.1 Å². The Morgan fingerprint density at radius 2 is 1.93 bits per heavy atom. The highest BCUT2D eigenvalue weighted by Gasteiger charge is 2.22. The summed E-state index contributed by atoms with van der Waals surface area (Å²) in [5.41, 5.74) is 2.20. The van der Waals surface area contributed by atoms with Crippen LogP contribution in [-0.4, -0.2) is 41.8 Å². The number of fused-ring (bicyclic) bond motifs is 1. The summed E-state index contributed by atoms with van der Waals surface area (Å²) in [6.45, 7) is 5.98. The Bertz CT molecular complexity index is 979. The van der Waals surface area contributed by atoms with Crippen LogP contribution in [0.2, 0.25) is 0 Å². The van der Waals surface area contributed by atoms with Crippen molar-refractivity contribution in [2.75, 3.05) is 13.1 Å². The molecule has 3 amide bonds. The molecule has 0 aliphatic carbocycles. The van der Waals surface area contributed by atoms with Gasteiger partial charge in [-0.15, -0.1) is 0 Å². The van der Waals surface area contributed by atoms with Gasteiger partial charge in [-0.25, -0.2) is 0 Å². The van der Waals surface area contributed by atoms with E-state index in [1.807, 2.05) is 45.1 Å². The lowest BCUT2D eigenvalue weighted by Crippen LogP contribution is -2.38. The molecule has 3 rings (SSSR count). The smallest absolute Gasteiger partial charge is 0.260 e. The summed E-state index contributed by atoms with van der Waals surface area (Å²) in [5, 5.41) is 2.75. The molecule has 0 spiro atoms. The van der Waals surface area contributed by atoms with E-state index >= 15 is 0 Å². The number of rotatable bonds is 6. The van der Waals surface area contributed by atoms with Gasteiger partial charge in [0.25, 0.3) is 11.8 Å². The van der Waals surface area contributed by atoms with Crippen LogP contribution >= 0.6 is 0 Å². The first-order valence-electron chi connectivity index (χ1n) is 9.43. The van der Waals surface area contributed by atoms with Crippen LogP contribution in [0.5, 0.6) is 5.75 Å². The molecule has 0 fully saturated rings. The predicted octanol–water partition coefficient (Wildman–Crippen LogP) is 3.21. The topological polar surface area (TPSA) is 75.7 Å². The number of amides is 3. The number of nitrogens with zero attached hydrogens (tertiary/aromatic N) is 1. The zero-order chi connectivity index (χ0) is 21.0. The van der Waals surface area contributed by atoms with Crippen molar-refractivity contribution in [3.8, 4) is 5.75 Å². The van der Waals surface area contributed by atoms with E-state index in [1.165, 1.54) is 0 Å². The molecule has 0 radical (unpaired) electrons. The summed E-state index contributed by atoms with van der Waals surface area (Å²) in [6.07, 6.45) is 4.37. The average molecular weight is 392 g/mol. The van der Waals surface area contributed by atoms with Gasteiger partial charge < -0.3 is 10.1 Å². The lowest BCUT2D eigenvalue weighted by molar-refractivity contribution is -0.115. The summed E-state index contributed by atoms with van der Waals surface area (Å²) in [4.78, 5) is 37.4. The molecule has 1 N–H and O–H groups in total. The molecule has 29 heavy (non-hydrogen) atoms. The lowest BCUT2D eigenvalue weighted by atomic mass is 10.0. The number of hydrogen-bond acceptors (Lipinski definition) is 4. The number of ether oxygens (including phenoxy) is 1. The van der Waals surface area contributed by atoms with Crippen molar-refractivity contribution in [3.05, 3.63) is 70.8 Å². The van der Waals surface area contributed by atoms with Crippen LogP contribution in [0, 0.1) is 6.92 Å². The predicted molar refractivity (Wildman–Crippen MR) is 111 cm³/mol. The third kappa shape index (κ3) is 4.71. The van der Waals surface area contributed by atoms with E-state index in [4.69, 9.17) is 4.74 Å². The minimum absolute atomic E-state index is 0.0878. The van der Waals surface area contributed by atoms with Crippen LogP contribution in [0.3, 0.4) is 0 Å². The zero-order valence-electron chi connectivity index (χ0n) is 16.8. The van der Waals surface area contributed by atoms with Crippen molar-refractivity contribution in [2.24, 2.45) is 0 Å². The Labute approximate surface area is 170 Å². The van der Waals surface area contributed by atoms with Gasteiger partial charge in [-0.3, -0.25) is 19.3 Å². The van der Waals surface area contributed by atoms with E-state index in [2.05, 4.69) is 5.32 Å². The second-order valence-electron chi connectivity index (χ2n) is 7.47. The zero-order valence-corrected chi connectivity index (χ0v) is 16.8. The van der Waals surface area contributed by atoms with E-state index in [0.717, 1.165) is 21.8 Å². The van der Waals surface area contributed by atoms with E-state index < -0.39 is 0 Å². The van der Waals surface area contributed by atoms with Crippen LogP contribution in [0.15, 0.2) is 48.5 Å². The van der Waals surface area contributed by atoms with Gasteiger partial charge in [0.05, 0.1) is 0 Å². The summed E-state index contributed by atoms with van der Waals surface area (Å²) in [6, 6.07) is 12.3. The number of carbonyl (C=O) groups excluding carboxylic acids is 3. The van der Waals surface area contributed by atoms with Gasteiger partial charge in [0.2, 0.25) is 6.41 Å². The molecule has 2 aromatic rings. The quantitative estimate of drug-likeness (QED) is 0.766. The van der Waals surface area contributed by atoms with E-state index in [0.29, 0.717) is 17.5 Å². The number of nitrogens with one attached hydrogen (secondary N) is 1. The fourth-order valence-electron chi connectivity index (χ4n) is 3.08. The molecule has 1 heterocycles. The Kier molecular flexibility index (Phi) is 5.82. The Morgan fingerprint density at radius 1 is 1.17 bits per heavy atom. The first-order chi connectivity index (χ1) is 13.8. The molecule has 0 atom stereocenters. The Hall–Kier alpha value is -3.41. The molecule has 0 unspecified atom stereocenters. The summed E-state index contributed by atoms with van der Waals surface area (Å²) < 4.78 is 5.86. The molecule has 1 aliphatic heterocycles. The molecular weight excluding hydrogens is 368 g/mol. The third-order valence-electron chi connectivity index (χ3n) is 4.71. The van der Waals surface area contributed by atoms with E-state index in [9.17, 15) is 14.4 Å². The van der Waals surface area contributed by atoms with Crippen LogP contribution in [0.1, 0.15) is 45.7 Å². The molecule has 150 valence electrons. The summed E-state index contributed by atoms with van der Waals surface area (Å²) in [7, 11) is 0. The number of imide groups is 1. The minimum atomic E-state index is -0.383. The Balaban J connectivity index is 1.60. The third-order valence-corrected chi connectivity index (χ3v) is 4.71. The minimum Gasteiger partial charge on any atom is -0.483 e. The molecular formula is C23H24N2O4. The number of aryl methyl sites for hydroxylation is 1. The fraction of sp³-hybridized carbons (Fsp3) is 0.261. The Morgan fingerprint density at radius 3 is 2.66 bits per heavy atom. The average Bonchev–Trinajstić information content (AvgIpc) is 2.70. The summed E-state index contributed by atoms with van der Waals surface area (Å²) >= 11 is 0. The maximum absolute atomic E-state index is 12.5. The number of benzene rings is 2. The molecule has 1 aliphatic rings. The van der Waals surface area contributed by atoms with Crippen molar-refractivity contribution in [1.82, 2.24) is 10.2 Å². The second kappa shape index (κ2) is 8.31.